The lowest BCUT2D eigenvalue weighted by molar-refractivity contribution is -0.164. The van der Waals surface area contributed by atoms with Gasteiger partial charge in [0.2, 0.25) is 0 Å². The maximum Gasteiger partial charge on any atom is 0.339 e. The van der Waals surface area contributed by atoms with Crippen LogP contribution in [0.15, 0.2) is 48.7 Å². The van der Waals surface area contributed by atoms with Crippen LogP contribution in [0, 0.1) is 20.8 Å². The molecule has 0 aliphatic carbocycles. The Morgan fingerprint density at radius 1 is 1.02 bits per heavy atom. The molecule has 1 fully saturated rings. The molecule has 1 saturated heterocycles. The van der Waals surface area contributed by atoms with Crippen molar-refractivity contribution < 1.29 is 34.0 Å². The Hall–Kier alpha value is -3.96. The van der Waals surface area contributed by atoms with E-state index in [-0.39, 0.29) is 18.0 Å². The van der Waals surface area contributed by atoms with Crippen molar-refractivity contribution in [3.05, 3.63) is 70.9 Å². The van der Waals surface area contributed by atoms with Gasteiger partial charge in [-0.15, -0.1) is 0 Å². The molecule has 10 heteroatoms. The highest BCUT2D eigenvalue weighted by molar-refractivity contribution is 5.82. The topological polar surface area (TPSA) is 115 Å². The minimum absolute atomic E-state index is 0.224. The fourth-order valence-electron chi connectivity index (χ4n) is 6.60. The van der Waals surface area contributed by atoms with Crippen LogP contribution in [0.5, 0.6) is 5.75 Å². The van der Waals surface area contributed by atoms with Gasteiger partial charge in [-0.3, -0.25) is 4.40 Å². The summed E-state index contributed by atoms with van der Waals surface area (Å²) in [6.07, 6.45) is 2.06. The largest absolute Gasteiger partial charge is 0.507 e. The molecule has 0 amide bonds. The van der Waals surface area contributed by atoms with Gasteiger partial charge >= 0.3 is 5.97 Å². The quantitative estimate of drug-likeness (QED) is 0.119. The maximum absolute atomic E-state index is 13.5. The Morgan fingerprint density at radius 3 is 2.38 bits per heavy atom. The fourth-order valence-corrected chi connectivity index (χ4v) is 6.60. The number of phenolic OH excluding ortho intramolecular Hbond substituents is 1. The van der Waals surface area contributed by atoms with E-state index < -0.39 is 23.8 Å². The lowest BCUT2D eigenvalue weighted by Crippen LogP contribution is -2.46. The van der Waals surface area contributed by atoms with Crippen molar-refractivity contribution in [2.45, 2.75) is 91.6 Å². The predicted octanol–water partition coefficient (Wildman–Crippen LogP) is 7.10. The Morgan fingerprint density at radius 2 is 1.72 bits per heavy atom. The number of benzene rings is 2. The van der Waals surface area contributed by atoms with Crippen LogP contribution < -0.4 is 4.90 Å². The van der Waals surface area contributed by atoms with E-state index >= 15 is 0 Å². The average molecular weight is 688 g/mol. The van der Waals surface area contributed by atoms with Gasteiger partial charge in [0.15, 0.2) is 6.10 Å². The highest BCUT2D eigenvalue weighted by atomic mass is 16.6. The minimum atomic E-state index is -0.966. The summed E-state index contributed by atoms with van der Waals surface area (Å²) in [5.74, 6) is 0.606. The van der Waals surface area contributed by atoms with Crippen LogP contribution in [0.1, 0.15) is 75.8 Å². The summed E-state index contributed by atoms with van der Waals surface area (Å²) in [6, 6.07) is 13.6. The normalized spacial score (nSPS) is 16.1. The number of carbonyl (C=O) groups excluding carboxylic acids is 1. The number of anilines is 1. The number of aromatic nitrogens is 2. The van der Waals surface area contributed by atoms with Gasteiger partial charge in [-0.1, -0.05) is 29.8 Å². The van der Waals surface area contributed by atoms with Crippen LogP contribution in [0.25, 0.3) is 28.0 Å². The van der Waals surface area contributed by atoms with Crippen molar-refractivity contribution in [2.75, 3.05) is 44.9 Å². The minimum Gasteiger partial charge on any atom is -0.507 e. The average Bonchev–Trinajstić information content (AvgIpc) is 3.52. The number of hydrogen-bond acceptors (Lipinski definition) is 9. The lowest BCUT2D eigenvalue weighted by Gasteiger charge is -2.42. The van der Waals surface area contributed by atoms with Crippen LogP contribution in [-0.2, 0) is 23.7 Å². The van der Waals surface area contributed by atoms with Crippen molar-refractivity contribution in [1.29, 1.82) is 0 Å². The van der Waals surface area contributed by atoms with Crippen molar-refractivity contribution in [3.8, 4) is 28.1 Å². The van der Waals surface area contributed by atoms with Gasteiger partial charge in [0.05, 0.1) is 49.9 Å². The van der Waals surface area contributed by atoms with Crippen LogP contribution >= 0.6 is 0 Å². The summed E-state index contributed by atoms with van der Waals surface area (Å²) in [6.45, 7) is 18.2. The first-order valence-corrected chi connectivity index (χ1v) is 17.4. The number of nitrogens with zero attached hydrogens (tertiary/aromatic N) is 3. The van der Waals surface area contributed by atoms with E-state index in [1.807, 2.05) is 84.1 Å². The van der Waals surface area contributed by atoms with E-state index in [4.69, 9.17) is 23.9 Å². The number of ether oxygens (including phenoxy) is 4. The van der Waals surface area contributed by atoms with Gasteiger partial charge in [-0.05, 0) is 103 Å². The van der Waals surface area contributed by atoms with Crippen molar-refractivity contribution in [2.24, 2.45) is 0 Å². The van der Waals surface area contributed by atoms with E-state index in [0.29, 0.717) is 26.3 Å². The molecule has 2 atom stereocenters. The summed E-state index contributed by atoms with van der Waals surface area (Å²) in [5, 5.41) is 20.2. The molecular weight excluding hydrogens is 634 g/mol. The molecule has 270 valence electrons. The smallest absolute Gasteiger partial charge is 0.339 e. The SMILES string of the molecule is COC(=O)[C@@H](OC(C)(C)C)c1c(C)c(C)c2nc(-c3cccc(-c4cc(C)ccc4O)c3)cn2c1N1CCC(C)(OCCOC[C@@H](C)O)CC1. The Bertz CT molecular complexity index is 1820. The Balaban J connectivity index is 1.59. The summed E-state index contributed by atoms with van der Waals surface area (Å²) >= 11 is 0. The summed E-state index contributed by atoms with van der Waals surface area (Å²) in [4.78, 5) is 21.0. The molecule has 2 N–H and O–H groups in total. The highest BCUT2D eigenvalue weighted by Crippen LogP contribution is 2.41. The zero-order chi connectivity index (χ0) is 36.4. The molecule has 0 radical (unpaired) electrons. The first kappa shape index (κ1) is 37.3. The second-order valence-corrected chi connectivity index (χ2v) is 14.8. The van der Waals surface area contributed by atoms with Crippen molar-refractivity contribution >= 4 is 17.4 Å². The molecule has 10 nitrogen and oxygen atoms in total. The number of esters is 1. The van der Waals surface area contributed by atoms with Gasteiger partial charge in [0, 0.05) is 36.0 Å². The van der Waals surface area contributed by atoms with Crippen LogP contribution in [0.4, 0.5) is 5.82 Å². The fraction of sp³-hybridized carbons (Fsp3) is 0.500. The molecule has 0 spiro atoms. The molecule has 2 aromatic heterocycles. The third kappa shape index (κ3) is 8.32. The third-order valence-electron chi connectivity index (χ3n) is 9.41. The number of carbonyl (C=O) groups is 1. The number of aliphatic hydroxyl groups excluding tert-OH is 1. The number of fused-ring (bicyclic) bond motifs is 1. The number of piperidine rings is 1. The monoisotopic (exact) mass is 687 g/mol. The van der Waals surface area contributed by atoms with E-state index in [2.05, 4.69) is 16.2 Å². The van der Waals surface area contributed by atoms with Crippen molar-refractivity contribution in [3.63, 3.8) is 0 Å². The maximum atomic E-state index is 13.5. The molecule has 0 unspecified atom stereocenters. The molecule has 0 bridgehead atoms. The first-order chi connectivity index (χ1) is 23.6. The Labute approximate surface area is 296 Å². The molecule has 5 rings (SSSR count). The van der Waals surface area contributed by atoms with Gasteiger partial charge in [-0.2, -0.15) is 0 Å². The molecule has 3 heterocycles. The van der Waals surface area contributed by atoms with Crippen LogP contribution in [-0.4, -0.2) is 82.9 Å². The van der Waals surface area contributed by atoms with E-state index in [1.165, 1.54) is 7.11 Å². The highest BCUT2D eigenvalue weighted by Gasteiger charge is 2.38. The number of aliphatic hydroxyl groups is 1. The predicted molar refractivity (Wildman–Crippen MR) is 196 cm³/mol. The Kier molecular flexibility index (Phi) is 11.3. The lowest BCUT2D eigenvalue weighted by atomic mass is 9.92. The number of aromatic hydroxyl groups is 1. The third-order valence-corrected chi connectivity index (χ3v) is 9.41. The molecular formula is C40H53N3O7. The number of phenols is 1. The number of pyridine rings is 1. The molecule has 2 aromatic carbocycles. The van der Waals surface area contributed by atoms with Gasteiger partial charge < -0.3 is 34.1 Å². The summed E-state index contributed by atoms with van der Waals surface area (Å²) < 4.78 is 25.8. The van der Waals surface area contributed by atoms with Gasteiger partial charge in [0.1, 0.15) is 17.2 Å². The second kappa shape index (κ2) is 15.1. The number of rotatable bonds is 12. The zero-order valence-electron chi connectivity index (χ0n) is 31.0. The number of imidazole rings is 1. The number of hydrogen-bond donors (Lipinski definition) is 2. The molecule has 1 aliphatic rings. The van der Waals surface area contributed by atoms with Crippen LogP contribution in [0.3, 0.4) is 0 Å². The van der Waals surface area contributed by atoms with Gasteiger partial charge in [0.25, 0.3) is 0 Å². The van der Waals surface area contributed by atoms with E-state index in [9.17, 15) is 15.0 Å². The number of aryl methyl sites for hydroxylation is 2. The molecule has 0 saturated carbocycles. The summed E-state index contributed by atoms with van der Waals surface area (Å²) in [5.41, 5.74) is 6.83. The van der Waals surface area contributed by atoms with Crippen LogP contribution in [0.2, 0.25) is 0 Å². The first-order valence-electron chi connectivity index (χ1n) is 17.4. The zero-order valence-corrected chi connectivity index (χ0v) is 31.0. The number of methoxy groups -OCH3 is 1. The standard InChI is InChI=1S/C40H53N3O7/c1-25-13-14-33(45)31(21-25)29-11-10-12-30(22-29)32-23-43-36(41-32)28(4)27(3)34(35(38(46)47-9)50-39(5,6)7)37(43)42-17-15-40(8,16-18-42)49-20-19-48-24-26(2)44/h10-14,21-23,26,35,44-45H,15-20,24H2,1-9H3/t26-,35+/m1/s1. The van der Waals surface area contributed by atoms with E-state index in [1.54, 1.807) is 13.0 Å². The molecule has 4 aromatic rings. The van der Waals surface area contributed by atoms with Crippen molar-refractivity contribution in [1.82, 2.24) is 9.38 Å². The summed E-state index contributed by atoms with van der Waals surface area (Å²) in [7, 11) is 1.39. The van der Waals surface area contributed by atoms with E-state index in [0.717, 1.165) is 68.9 Å². The molecule has 1 aliphatic heterocycles. The van der Waals surface area contributed by atoms with Gasteiger partial charge in [-0.25, -0.2) is 9.78 Å². The second-order valence-electron chi connectivity index (χ2n) is 14.8. The molecule has 50 heavy (non-hydrogen) atoms.